The molecule has 6 heteroatoms. The third-order valence-corrected chi connectivity index (χ3v) is 3.05. The molecule has 114 valence electrons. The number of ketones is 1. The number of Topliss-reactive ketones (excluding diaryl/α,β-unsaturated/α-hetero) is 1. The smallest absolute Gasteiger partial charge is 0.229 e. The van der Waals surface area contributed by atoms with Crippen LogP contribution in [0.1, 0.15) is 10.4 Å². The van der Waals surface area contributed by atoms with Crippen molar-refractivity contribution in [2.75, 3.05) is 14.1 Å². The van der Waals surface area contributed by atoms with Crippen molar-refractivity contribution >= 4 is 21.7 Å². The second kappa shape index (κ2) is 7.17. The summed E-state index contributed by atoms with van der Waals surface area (Å²) in [5, 5.41) is 0. The summed E-state index contributed by atoms with van der Waals surface area (Å²) < 4.78 is 19.3. The maximum atomic E-state index is 13.0. The second-order valence-corrected chi connectivity index (χ2v) is 5.65. The molecule has 0 aliphatic heterocycles. The number of nitrogens with zero attached hydrogens (tertiary/aromatic N) is 2. The fourth-order valence-corrected chi connectivity index (χ4v) is 2.03. The first kappa shape index (κ1) is 16.2. The zero-order valence-electron chi connectivity index (χ0n) is 12.1. The molecule has 0 bridgehead atoms. The maximum absolute atomic E-state index is 13.0. The molecule has 1 aromatic heterocycles. The topological polar surface area (TPSA) is 42.4 Å². The number of benzene rings is 1. The Bertz CT molecular complexity index is 700. The van der Waals surface area contributed by atoms with E-state index in [0.29, 0.717) is 11.3 Å². The molecule has 2 rings (SSSR count). The molecule has 0 saturated heterocycles. The third-order valence-electron chi connectivity index (χ3n) is 2.61. The molecular formula is C16H14BrFN2O2. The summed E-state index contributed by atoms with van der Waals surface area (Å²) in [7, 11) is 3.56. The van der Waals surface area contributed by atoms with E-state index < -0.39 is 5.82 Å². The highest BCUT2D eigenvalue weighted by molar-refractivity contribution is 9.10. The van der Waals surface area contributed by atoms with Crippen molar-refractivity contribution in [3.8, 4) is 5.75 Å². The lowest BCUT2D eigenvalue weighted by Crippen LogP contribution is -2.14. The van der Waals surface area contributed by atoms with Crippen molar-refractivity contribution in [1.29, 1.82) is 0 Å². The van der Waals surface area contributed by atoms with Crippen molar-refractivity contribution in [1.82, 2.24) is 9.88 Å². The normalized spacial score (nSPS) is 11.2. The van der Waals surface area contributed by atoms with E-state index >= 15 is 0 Å². The molecule has 0 radical (unpaired) electrons. The molecule has 2 aromatic rings. The van der Waals surface area contributed by atoms with Gasteiger partial charge in [0.25, 0.3) is 0 Å². The molecule has 22 heavy (non-hydrogen) atoms. The summed E-state index contributed by atoms with van der Waals surface area (Å²) in [6.45, 7) is 0. The Morgan fingerprint density at radius 1 is 1.27 bits per heavy atom. The lowest BCUT2D eigenvalue weighted by molar-refractivity contribution is 0.0982. The zero-order chi connectivity index (χ0) is 16.1. The van der Waals surface area contributed by atoms with E-state index in [2.05, 4.69) is 20.9 Å². The van der Waals surface area contributed by atoms with E-state index in [-0.39, 0.29) is 11.5 Å². The van der Waals surface area contributed by atoms with Crippen molar-refractivity contribution in [3.05, 3.63) is 70.5 Å². The Labute approximate surface area is 136 Å². The van der Waals surface area contributed by atoms with Crippen LogP contribution in [0.3, 0.4) is 0 Å². The number of aromatic nitrogens is 1. The average molecular weight is 365 g/mol. The number of halogens is 2. The van der Waals surface area contributed by atoms with Gasteiger partial charge in [0, 0.05) is 36.5 Å². The van der Waals surface area contributed by atoms with Crippen LogP contribution in [0.15, 0.2) is 59.2 Å². The van der Waals surface area contributed by atoms with Crippen LogP contribution in [-0.4, -0.2) is 29.8 Å². The lowest BCUT2D eigenvalue weighted by atomic mass is 10.1. The largest absolute Gasteiger partial charge is 0.450 e. The number of rotatable bonds is 5. The molecule has 0 aliphatic carbocycles. The van der Waals surface area contributed by atoms with E-state index in [0.717, 1.165) is 4.47 Å². The van der Waals surface area contributed by atoms with Gasteiger partial charge in [-0.15, -0.1) is 0 Å². The van der Waals surface area contributed by atoms with E-state index in [4.69, 9.17) is 4.74 Å². The predicted octanol–water partition coefficient (Wildman–Crippen LogP) is 3.65. The molecule has 0 unspecified atom stereocenters. The molecule has 0 fully saturated rings. The summed E-state index contributed by atoms with van der Waals surface area (Å²) in [6.07, 6.45) is 4.68. The third kappa shape index (κ3) is 4.39. The standard InChI is InChI=1S/C16H14BrFN2O2/c1-20(2)10-15(22-14-7-12(17)8-19-9-14)16(21)11-3-5-13(18)6-4-11/h3-10H,1-2H3. The van der Waals surface area contributed by atoms with Gasteiger partial charge < -0.3 is 9.64 Å². The number of carbonyl (C=O) groups is 1. The van der Waals surface area contributed by atoms with E-state index in [1.807, 2.05) is 0 Å². The van der Waals surface area contributed by atoms with Gasteiger partial charge in [-0.2, -0.15) is 0 Å². The van der Waals surface area contributed by atoms with Gasteiger partial charge in [-0.3, -0.25) is 9.78 Å². The van der Waals surface area contributed by atoms with Crippen LogP contribution in [0.5, 0.6) is 5.75 Å². The van der Waals surface area contributed by atoms with Gasteiger partial charge >= 0.3 is 0 Å². The van der Waals surface area contributed by atoms with Crippen LogP contribution in [0.4, 0.5) is 4.39 Å². The van der Waals surface area contributed by atoms with E-state index in [9.17, 15) is 9.18 Å². The number of hydrogen-bond acceptors (Lipinski definition) is 4. The number of pyridine rings is 1. The van der Waals surface area contributed by atoms with Gasteiger partial charge in [-0.05, 0) is 46.3 Å². The molecule has 0 atom stereocenters. The summed E-state index contributed by atoms with van der Waals surface area (Å²) in [5.41, 5.74) is 0.345. The Hall–Kier alpha value is -2.21. The molecule has 0 N–H and O–H groups in total. The first-order valence-electron chi connectivity index (χ1n) is 6.42. The molecular weight excluding hydrogens is 351 g/mol. The molecule has 4 nitrogen and oxygen atoms in total. The summed E-state index contributed by atoms with van der Waals surface area (Å²) in [6, 6.07) is 7.02. The van der Waals surface area contributed by atoms with E-state index in [1.165, 1.54) is 30.5 Å². The number of allylic oxidation sites excluding steroid dienone is 1. The Morgan fingerprint density at radius 2 is 1.95 bits per heavy atom. The van der Waals surface area contributed by atoms with Crippen molar-refractivity contribution in [3.63, 3.8) is 0 Å². The van der Waals surface area contributed by atoms with Gasteiger partial charge in [0.1, 0.15) is 11.6 Å². The number of hydrogen-bond donors (Lipinski definition) is 0. The Balaban J connectivity index is 2.30. The van der Waals surface area contributed by atoms with Crippen LogP contribution in [0.2, 0.25) is 0 Å². The average Bonchev–Trinajstić information content (AvgIpc) is 2.46. The summed E-state index contributed by atoms with van der Waals surface area (Å²) in [4.78, 5) is 18.2. The number of carbonyl (C=O) groups excluding carboxylic acids is 1. The van der Waals surface area contributed by atoms with Crippen LogP contribution in [0.25, 0.3) is 0 Å². The first-order chi connectivity index (χ1) is 10.5. The fourth-order valence-electron chi connectivity index (χ4n) is 1.68. The lowest BCUT2D eigenvalue weighted by Gasteiger charge is -2.13. The molecule has 1 heterocycles. The van der Waals surface area contributed by atoms with Crippen molar-refractivity contribution < 1.29 is 13.9 Å². The van der Waals surface area contributed by atoms with Crippen LogP contribution in [-0.2, 0) is 0 Å². The fraction of sp³-hybridized carbons (Fsp3) is 0.125. The number of ether oxygens (including phenoxy) is 1. The quantitative estimate of drug-likeness (QED) is 0.461. The first-order valence-corrected chi connectivity index (χ1v) is 7.22. The molecule has 0 saturated carbocycles. The van der Waals surface area contributed by atoms with Gasteiger partial charge in [-0.25, -0.2) is 4.39 Å². The highest BCUT2D eigenvalue weighted by Crippen LogP contribution is 2.20. The highest BCUT2D eigenvalue weighted by atomic mass is 79.9. The molecule has 1 aromatic carbocycles. The van der Waals surface area contributed by atoms with Gasteiger partial charge in [-0.1, -0.05) is 0 Å². The van der Waals surface area contributed by atoms with Gasteiger partial charge in [0.2, 0.25) is 5.78 Å². The Kier molecular flexibility index (Phi) is 5.27. The van der Waals surface area contributed by atoms with Gasteiger partial charge in [0.15, 0.2) is 5.76 Å². The SMILES string of the molecule is CN(C)C=C(Oc1cncc(Br)c1)C(=O)c1ccc(F)cc1. The monoisotopic (exact) mass is 364 g/mol. The van der Waals surface area contributed by atoms with Crippen molar-refractivity contribution in [2.45, 2.75) is 0 Å². The molecule has 0 amide bonds. The van der Waals surface area contributed by atoms with Crippen LogP contribution < -0.4 is 4.74 Å². The predicted molar refractivity (Wildman–Crippen MR) is 85.1 cm³/mol. The maximum Gasteiger partial charge on any atom is 0.229 e. The molecule has 0 spiro atoms. The van der Waals surface area contributed by atoms with Crippen molar-refractivity contribution in [2.24, 2.45) is 0 Å². The van der Waals surface area contributed by atoms with Gasteiger partial charge in [0.05, 0.1) is 6.20 Å². The second-order valence-electron chi connectivity index (χ2n) is 4.73. The minimum atomic E-state index is -0.396. The minimum absolute atomic E-state index is 0.122. The van der Waals surface area contributed by atoms with Crippen LogP contribution in [0, 0.1) is 5.82 Å². The highest BCUT2D eigenvalue weighted by Gasteiger charge is 2.16. The summed E-state index contributed by atoms with van der Waals surface area (Å²) >= 11 is 3.29. The van der Waals surface area contributed by atoms with Crippen LogP contribution >= 0.6 is 15.9 Å². The Morgan fingerprint density at radius 3 is 2.55 bits per heavy atom. The van der Waals surface area contributed by atoms with E-state index in [1.54, 1.807) is 37.5 Å². The zero-order valence-corrected chi connectivity index (χ0v) is 13.7. The molecule has 0 aliphatic rings. The summed E-state index contributed by atoms with van der Waals surface area (Å²) in [5.74, 6) is -0.185. The minimum Gasteiger partial charge on any atom is -0.450 e.